The predicted octanol–water partition coefficient (Wildman–Crippen LogP) is 5.34. The molecule has 0 fully saturated rings. The van der Waals surface area contributed by atoms with Crippen molar-refractivity contribution in [3.05, 3.63) is 70.3 Å². The summed E-state index contributed by atoms with van der Waals surface area (Å²) < 4.78 is 5.96. The van der Waals surface area contributed by atoms with E-state index in [0.29, 0.717) is 28.1 Å². The number of aliphatic imine (C=N–C) groups is 1. The first-order valence-electron chi connectivity index (χ1n) is 9.50. The van der Waals surface area contributed by atoms with Gasteiger partial charge in [-0.3, -0.25) is 10.2 Å². The van der Waals surface area contributed by atoms with Gasteiger partial charge in [0.25, 0.3) is 5.91 Å². The molecule has 0 radical (unpaired) electrons. The molecule has 8 heteroatoms. The van der Waals surface area contributed by atoms with Gasteiger partial charge in [0.2, 0.25) is 5.17 Å². The van der Waals surface area contributed by atoms with E-state index in [2.05, 4.69) is 17.0 Å². The molecule has 2 aromatic rings. The first-order valence-corrected chi connectivity index (χ1v) is 10.7. The zero-order valence-corrected chi connectivity index (χ0v) is 17.8. The maximum atomic E-state index is 12.6. The number of benzene rings is 2. The number of hydrogen-bond donors (Lipinski definition) is 1. The fraction of sp³-hybridized carbons (Fsp3) is 0.182. The van der Waals surface area contributed by atoms with Crippen molar-refractivity contribution in [2.24, 2.45) is 10.1 Å². The molecule has 0 saturated heterocycles. The van der Waals surface area contributed by atoms with Crippen LogP contribution in [-0.4, -0.2) is 27.0 Å². The SMILES string of the molecule is CCCC1=NN2C(=N)/C(=C\c3cc(Cl)ccc3OCc3ccccc3)C(=O)N=C2S1. The Morgan fingerprint density at radius 2 is 2.03 bits per heavy atom. The molecular weight excluding hydrogens is 420 g/mol. The van der Waals surface area contributed by atoms with Gasteiger partial charge in [0.15, 0.2) is 5.84 Å². The molecular formula is C22H19ClN4O2S. The highest BCUT2D eigenvalue weighted by atomic mass is 35.5. The molecule has 0 atom stereocenters. The Hall–Kier alpha value is -2.90. The van der Waals surface area contributed by atoms with E-state index in [1.165, 1.54) is 16.8 Å². The summed E-state index contributed by atoms with van der Waals surface area (Å²) in [5, 5.41) is 16.1. The van der Waals surface area contributed by atoms with Crippen molar-refractivity contribution in [2.45, 2.75) is 26.4 Å². The van der Waals surface area contributed by atoms with Crippen molar-refractivity contribution < 1.29 is 9.53 Å². The number of carbonyl (C=O) groups is 1. The number of nitrogens with one attached hydrogen (secondary N) is 1. The quantitative estimate of drug-likeness (QED) is 0.617. The molecule has 2 aromatic carbocycles. The largest absolute Gasteiger partial charge is 0.488 e. The fourth-order valence-electron chi connectivity index (χ4n) is 3.00. The second-order valence-corrected chi connectivity index (χ2v) is 8.20. The van der Waals surface area contributed by atoms with E-state index in [-0.39, 0.29) is 11.4 Å². The minimum atomic E-state index is -0.472. The van der Waals surface area contributed by atoms with E-state index in [4.69, 9.17) is 21.7 Å². The van der Waals surface area contributed by atoms with Crippen LogP contribution in [-0.2, 0) is 11.4 Å². The monoisotopic (exact) mass is 438 g/mol. The minimum Gasteiger partial charge on any atom is -0.488 e. The number of hydrogen-bond acceptors (Lipinski definition) is 5. The molecule has 0 aliphatic carbocycles. The van der Waals surface area contributed by atoms with Crippen LogP contribution in [0, 0.1) is 5.41 Å². The number of amides is 1. The predicted molar refractivity (Wildman–Crippen MR) is 122 cm³/mol. The van der Waals surface area contributed by atoms with Crippen LogP contribution < -0.4 is 4.74 Å². The maximum Gasteiger partial charge on any atom is 0.283 e. The summed E-state index contributed by atoms with van der Waals surface area (Å²) in [5.74, 6) is 0.0929. The lowest BCUT2D eigenvalue weighted by Crippen LogP contribution is -2.35. The van der Waals surface area contributed by atoms with Crippen LogP contribution in [0.2, 0.25) is 5.02 Å². The van der Waals surface area contributed by atoms with E-state index < -0.39 is 5.91 Å². The zero-order valence-electron chi connectivity index (χ0n) is 16.3. The van der Waals surface area contributed by atoms with Gasteiger partial charge in [-0.15, -0.1) is 0 Å². The third-order valence-electron chi connectivity index (χ3n) is 4.47. The van der Waals surface area contributed by atoms with E-state index in [1.807, 2.05) is 30.3 Å². The highest BCUT2D eigenvalue weighted by Gasteiger charge is 2.35. The van der Waals surface area contributed by atoms with Gasteiger partial charge in [-0.05, 0) is 54.4 Å². The Morgan fingerprint density at radius 3 is 2.80 bits per heavy atom. The third-order valence-corrected chi connectivity index (χ3v) is 5.67. The van der Waals surface area contributed by atoms with Crippen LogP contribution in [0.15, 0.2) is 64.2 Å². The van der Waals surface area contributed by atoms with Gasteiger partial charge in [-0.1, -0.05) is 48.9 Å². The van der Waals surface area contributed by atoms with Crippen molar-refractivity contribution in [2.75, 3.05) is 0 Å². The zero-order chi connectivity index (χ0) is 21.1. The number of nitrogens with zero attached hydrogens (tertiary/aromatic N) is 3. The minimum absolute atomic E-state index is 0.00223. The Kier molecular flexibility index (Phi) is 6.01. The van der Waals surface area contributed by atoms with Gasteiger partial charge >= 0.3 is 0 Å². The van der Waals surface area contributed by atoms with Crippen molar-refractivity contribution in [3.63, 3.8) is 0 Å². The molecule has 2 aliphatic rings. The first-order chi connectivity index (χ1) is 14.5. The van der Waals surface area contributed by atoms with Gasteiger partial charge in [0, 0.05) is 10.6 Å². The van der Waals surface area contributed by atoms with Crippen LogP contribution in [0.4, 0.5) is 0 Å². The van der Waals surface area contributed by atoms with Gasteiger partial charge in [-0.25, -0.2) is 0 Å². The number of fused-ring (bicyclic) bond motifs is 1. The number of amidine groups is 2. The Labute approximate surface area is 183 Å². The molecule has 6 nitrogen and oxygen atoms in total. The highest BCUT2D eigenvalue weighted by molar-refractivity contribution is 8.26. The molecule has 4 rings (SSSR count). The summed E-state index contributed by atoms with van der Waals surface area (Å²) in [5.41, 5.74) is 1.77. The van der Waals surface area contributed by atoms with E-state index in [1.54, 1.807) is 24.3 Å². The Bertz CT molecular complexity index is 1100. The summed E-state index contributed by atoms with van der Waals surface area (Å²) in [6.45, 7) is 2.43. The summed E-state index contributed by atoms with van der Waals surface area (Å²) in [7, 11) is 0. The Morgan fingerprint density at radius 1 is 1.23 bits per heavy atom. The van der Waals surface area contributed by atoms with Crippen LogP contribution >= 0.6 is 23.4 Å². The molecule has 0 bridgehead atoms. The summed E-state index contributed by atoms with van der Waals surface area (Å²) >= 11 is 7.52. The fourth-order valence-corrected chi connectivity index (χ4v) is 4.17. The molecule has 0 unspecified atom stereocenters. The number of halogens is 1. The molecule has 0 aromatic heterocycles. The van der Waals surface area contributed by atoms with E-state index in [9.17, 15) is 4.79 Å². The molecule has 1 amide bonds. The van der Waals surface area contributed by atoms with Crippen LogP contribution in [0.5, 0.6) is 5.75 Å². The highest BCUT2D eigenvalue weighted by Crippen LogP contribution is 2.32. The number of ether oxygens (including phenoxy) is 1. The smallest absolute Gasteiger partial charge is 0.283 e. The van der Waals surface area contributed by atoms with Crippen LogP contribution in [0.1, 0.15) is 30.9 Å². The van der Waals surface area contributed by atoms with Crippen LogP contribution in [0.3, 0.4) is 0 Å². The molecule has 1 N–H and O–H groups in total. The number of carbonyl (C=O) groups excluding carboxylic acids is 1. The van der Waals surface area contributed by atoms with Gasteiger partial charge < -0.3 is 4.74 Å². The first kappa shape index (κ1) is 20.4. The van der Waals surface area contributed by atoms with Crippen molar-refractivity contribution in [3.8, 4) is 5.75 Å². The second-order valence-electron chi connectivity index (χ2n) is 6.72. The standard InChI is InChI=1S/C22H19ClN4O2S/c1-2-6-19-26-27-20(24)17(21(28)25-22(27)30-19)12-15-11-16(23)9-10-18(15)29-13-14-7-4-3-5-8-14/h3-5,7-12,24H,2,6,13H2,1H3/b17-12+,24-20?. The molecule has 152 valence electrons. The molecule has 2 aliphatic heterocycles. The molecule has 2 heterocycles. The average molecular weight is 439 g/mol. The van der Waals surface area contributed by atoms with Crippen molar-refractivity contribution in [1.82, 2.24) is 5.01 Å². The third kappa shape index (κ3) is 4.32. The van der Waals surface area contributed by atoms with E-state index in [0.717, 1.165) is 23.4 Å². The normalized spacial score (nSPS) is 17.1. The average Bonchev–Trinajstić information content (AvgIpc) is 3.14. The lowest BCUT2D eigenvalue weighted by Gasteiger charge is -2.20. The Balaban J connectivity index is 1.63. The summed E-state index contributed by atoms with van der Waals surface area (Å²) in [4.78, 5) is 16.8. The van der Waals surface area contributed by atoms with Crippen LogP contribution in [0.25, 0.3) is 6.08 Å². The summed E-state index contributed by atoms with van der Waals surface area (Å²) in [6.07, 6.45) is 3.31. The summed E-state index contributed by atoms with van der Waals surface area (Å²) in [6, 6.07) is 15.0. The van der Waals surface area contributed by atoms with Crippen molar-refractivity contribution >= 4 is 51.4 Å². The number of rotatable bonds is 6. The second kappa shape index (κ2) is 8.85. The lowest BCUT2D eigenvalue weighted by atomic mass is 10.1. The molecule has 0 saturated carbocycles. The molecule has 0 spiro atoms. The number of hydrazone groups is 1. The van der Waals surface area contributed by atoms with Gasteiger partial charge in [0.05, 0.1) is 5.57 Å². The lowest BCUT2D eigenvalue weighted by molar-refractivity contribution is -0.114. The maximum absolute atomic E-state index is 12.6. The topological polar surface area (TPSA) is 78.1 Å². The molecule has 30 heavy (non-hydrogen) atoms. The van der Waals surface area contributed by atoms with Gasteiger partial charge in [-0.2, -0.15) is 15.1 Å². The van der Waals surface area contributed by atoms with Crippen molar-refractivity contribution in [1.29, 1.82) is 5.41 Å². The number of thioether (sulfide) groups is 1. The van der Waals surface area contributed by atoms with E-state index >= 15 is 0 Å². The van der Waals surface area contributed by atoms with Gasteiger partial charge in [0.1, 0.15) is 17.4 Å².